The van der Waals surface area contributed by atoms with Crippen LogP contribution in [-0.2, 0) is 14.3 Å². The van der Waals surface area contributed by atoms with Crippen molar-refractivity contribution >= 4 is 17.5 Å². The molecule has 0 N–H and O–H groups in total. The molecule has 2 rings (SSSR count). The number of ketones is 1. The number of carbonyl (C=O) groups excluding carboxylic acids is 2. The third-order valence-electron chi connectivity index (χ3n) is 4.87. The van der Waals surface area contributed by atoms with Crippen molar-refractivity contribution in [2.24, 2.45) is 11.3 Å². The molecular weight excluding hydrogens is 256 g/mol. The molecule has 0 aliphatic heterocycles. The molecule has 0 heterocycles. The molecule has 0 spiro atoms. The lowest BCUT2D eigenvalue weighted by molar-refractivity contribution is -0.141. The van der Waals surface area contributed by atoms with Gasteiger partial charge < -0.3 is 10.3 Å². The number of nitrogens with zero attached hydrogens (tertiary/aromatic N) is 2. The first-order chi connectivity index (χ1) is 9.56. The Morgan fingerprint density at radius 1 is 1.40 bits per heavy atom. The number of fused-ring (bicyclic) bond motifs is 1. The summed E-state index contributed by atoms with van der Waals surface area (Å²) in [7, 11) is 1.17. The molecular formula is C15H20N2O3. The molecule has 2 aliphatic carbocycles. The minimum absolute atomic E-state index is 0.153. The van der Waals surface area contributed by atoms with Crippen LogP contribution in [0, 0.1) is 11.3 Å². The standard InChI is InChI=1S/C15H20N2O3/c1-10(13(18)12(17-16)14(19)20-2)15-8-4-3-6-11(15)7-5-9-15/h7,10H,3-6,8-9H2,1-2H3/t10-,15+/m1/s1. The fourth-order valence-corrected chi connectivity index (χ4v) is 3.71. The van der Waals surface area contributed by atoms with Crippen molar-refractivity contribution in [1.82, 2.24) is 0 Å². The quantitative estimate of drug-likeness (QED) is 0.197. The maximum absolute atomic E-state index is 12.5. The second-order valence-corrected chi connectivity index (χ2v) is 5.66. The van der Waals surface area contributed by atoms with Crippen LogP contribution in [0.25, 0.3) is 5.53 Å². The van der Waals surface area contributed by atoms with E-state index >= 15 is 0 Å². The van der Waals surface area contributed by atoms with Crippen LogP contribution in [0.3, 0.4) is 0 Å². The lowest BCUT2D eigenvalue weighted by atomic mass is 9.62. The summed E-state index contributed by atoms with van der Waals surface area (Å²) < 4.78 is 4.51. The zero-order chi connectivity index (χ0) is 14.8. The van der Waals surface area contributed by atoms with E-state index in [1.807, 2.05) is 6.92 Å². The van der Waals surface area contributed by atoms with Crippen molar-refractivity contribution in [2.45, 2.75) is 45.4 Å². The molecule has 5 heteroatoms. The number of hydrogen-bond donors (Lipinski definition) is 0. The Kier molecular flexibility index (Phi) is 4.19. The van der Waals surface area contributed by atoms with Gasteiger partial charge in [-0.15, -0.1) is 0 Å². The highest BCUT2D eigenvalue weighted by atomic mass is 16.5. The summed E-state index contributed by atoms with van der Waals surface area (Å²) in [6.07, 6.45) is 8.40. The third-order valence-corrected chi connectivity index (χ3v) is 4.87. The van der Waals surface area contributed by atoms with Gasteiger partial charge in [0.2, 0.25) is 0 Å². The Labute approximate surface area is 118 Å². The van der Waals surface area contributed by atoms with Gasteiger partial charge in [-0.3, -0.25) is 4.79 Å². The van der Waals surface area contributed by atoms with Gasteiger partial charge in [-0.05, 0) is 32.1 Å². The summed E-state index contributed by atoms with van der Waals surface area (Å²) in [5.74, 6) is -1.66. The zero-order valence-electron chi connectivity index (χ0n) is 12.0. The van der Waals surface area contributed by atoms with E-state index in [0.29, 0.717) is 0 Å². The number of ether oxygens (including phenoxy) is 1. The molecule has 1 fully saturated rings. The largest absolute Gasteiger partial charge is 0.460 e. The van der Waals surface area contributed by atoms with E-state index in [9.17, 15) is 9.59 Å². The van der Waals surface area contributed by atoms with Gasteiger partial charge in [-0.1, -0.05) is 25.0 Å². The number of allylic oxidation sites excluding steroid dienone is 2. The predicted octanol–water partition coefficient (Wildman–Crippen LogP) is 2.32. The fraction of sp³-hybridized carbons (Fsp3) is 0.667. The third kappa shape index (κ3) is 2.22. The summed E-state index contributed by atoms with van der Waals surface area (Å²) in [5.41, 5.74) is 9.63. The van der Waals surface area contributed by atoms with Crippen LogP contribution in [0.5, 0.6) is 0 Å². The average molecular weight is 276 g/mol. The molecule has 5 nitrogen and oxygen atoms in total. The molecule has 0 amide bonds. The van der Waals surface area contributed by atoms with Crippen LogP contribution in [0.2, 0.25) is 0 Å². The summed E-state index contributed by atoms with van der Waals surface area (Å²) in [6, 6.07) is 0. The van der Waals surface area contributed by atoms with Gasteiger partial charge in [0.25, 0.3) is 5.78 Å². The molecule has 0 aromatic rings. The molecule has 0 aromatic heterocycles. The smallest absolute Gasteiger partial charge is 0.441 e. The van der Waals surface area contributed by atoms with Crippen LogP contribution in [0.15, 0.2) is 11.6 Å². The molecule has 0 unspecified atom stereocenters. The molecule has 0 radical (unpaired) electrons. The van der Waals surface area contributed by atoms with Crippen molar-refractivity contribution in [2.75, 3.05) is 7.11 Å². The molecule has 0 aromatic carbocycles. The Bertz CT molecular complexity index is 517. The van der Waals surface area contributed by atoms with Crippen LogP contribution >= 0.6 is 0 Å². The Morgan fingerprint density at radius 3 is 2.80 bits per heavy atom. The number of methoxy groups -OCH3 is 1. The highest BCUT2D eigenvalue weighted by Crippen LogP contribution is 2.53. The van der Waals surface area contributed by atoms with Gasteiger partial charge in [0.1, 0.15) is 0 Å². The van der Waals surface area contributed by atoms with E-state index in [4.69, 9.17) is 5.53 Å². The fourth-order valence-electron chi connectivity index (χ4n) is 3.71. The first-order valence-corrected chi connectivity index (χ1v) is 7.11. The van der Waals surface area contributed by atoms with Crippen LogP contribution in [-0.4, -0.2) is 29.4 Å². The van der Waals surface area contributed by atoms with E-state index < -0.39 is 17.5 Å². The summed E-state index contributed by atoms with van der Waals surface area (Å²) in [6.45, 7) is 1.83. The Balaban J connectivity index is 2.28. The highest BCUT2D eigenvalue weighted by Gasteiger charge is 2.49. The number of Topliss-reactive ketones (excluding diaryl/α,β-unsaturated/α-hetero) is 1. The predicted molar refractivity (Wildman–Crippen MR) is 73.0 cm³/mol. The first-order valence-electron chi connectivity index (χ1n) is 7.11. The molecule has 108 valence electrons. The monoisotopic (exact) mass is 276 g/mol. The Morgan fingerprint density at radius 2 is 2.15 bits per heavy atom. The minimum Gasteiger partial charge on any atom is -0.460 e. The minimum atomic E-state index is -0.875. The summed E-state index contributed by atoms with van der Waals surface area (Å²) >= 11 is 0. The Hall–Kier alpha value is -1.74. The molecule has 0 saturated heterocycles. The van der Waals surface area contributed by atoms with Crippen LogP contribution in [0.1, 0.15) is 45.4 Å². The normalized spacial score (nSPS) is 26.0. The zero-order valence-corrected chi connectivity index (χ0v) is 12.0. The number of hydrogen-bond acceptors (Lipinski definition) is 3. The van der Waals surface area contributed by atoms with Crippen molar-refractivity contribution in [3.8, 4) is 0 Å². The second kappa shape index (κ2) is 5.71. The van der Waals surface area contributed by atoms with Crippen LogP contribution in [0.4, 0.5) is 0 Å². The maximum Gasteiger partial charge on any atom is 0.441 e. The number of rotatable bonds is 4. The average Bonchev–Trinajstić information content (AvgIpc) is 2.91. The topological polar surface area (TPSA) is 79.8 Å². The first kappa shape index (κ1) is 14.7. The molecule has 2 aliphatic rings. The lowest BCUT2D eigenvalue weighted by Crippen LogP contribution is -2.41. The molecule has 20 heavy (non-hydrogen) atoms. The van der Waals surface area contributed by atoms with Gasteiger partial charge in [0.05, 0.1) is 7.11 Å². The molecule has 1 saturated carbocycles. The van der Waals surface area contributed by atoms with Gasteiger partial charge in [0, 0.05) is 11.3 Å². The maximum atomic E-state index is 12.5. The molecule has 2 atom stereocenters. The van der Waals surface area contributed by atoms with E-state index in [1.165, 1.54) is 12.7 Å². The number of esters is 1. The van der Waals surface area contributed by atoms with Crippen LogP contribution < -0.4 is 0 Å². The van der Waals surface area contributed by atoms with Gasteiger partial charge in [-0.25, -0.2) is 4.79 Å². The van der Waals surface area contributed by atoms with Gasteiger partial charge in [-0.2, -0.15) is 4.79 Å². The van der Waals surface area contributed by atoms with Crippen molar-refractivity contribution in [3.05, 3.63) is 17.2 Å². The van der Waals surface area contributed by atoms with Gasteiger partial charge in [0.15, 0.2) is 0 Å². The lowest BCUT2D eigenvalue weighted by Gasteiger charge is -2.40. The van der Waals surface area contributed by atoms with Crippen molar-refractivity contribution in [3.63, 3.8) is 0 Å². The van der Waals surface area contributed by atoms with E-state index in [-0.39, 0.29) is 11.3 Å². The summed E-state index contributed by atoms with van der Waals surface area (Å²) in [5, 5.41) is 0. The van der Waals surface area contributed by atoms with Crippen molar-refractivity contribution < 1.29 is 19.1 Å². The SMILES string of the molecule is COC(=O)C(=[N+]=[N-])C(=O)[C@@H](C)[C@]12CCC=C1CCCC2. The highest BCUT2D eigenvalue weighted by molar-refractivity contribution is 6.62. The number of carbonyl (C=O) groups is 2. The summed E-state index contributed by atoms with van der Waals surface area (Å²) in [4.78, 5) is 26.9. The molecule has 0 bridgehead atoms. The van der Waals surface area contributed by atoms with E-state index in [0.717, 1.165) is 38.5 Å². The van der Waals surface area contributed by atoms with E-state index in [1.54, 1.807) is 0 Å². The van der Waals surface area contributed by atoms with Gasteiger partial charge >= 0.3 is 11.7 Å². The van der Waals surface area contributed by atoms with E-state index in [2.05, 4.69) is 15.6 Å². The van der Waals surface area contributed by atoms with Crippen molar-refractivity contribution in [1.29, 1.82) is 0 Å². The second-order valence-electron chi connectivity index (χ2n) is 5.66.